The minimum absolute atomic E-state index is 0.00888. The highest BCUT2D eigenvalue weighted by molar-refractivity contribution is 5.64. The van der Waals surface area contributed by atoms with E-state index < -0.39 is 11.9 Å². The number of ether oxygens (including phenoxy) is 2. The number of methoxy groups -OCH3 is 1. The molecule has 0 amide bonds. The van der Waals surface area contributed by atoms with Crippen molar-refractivity contribution in [1.29, 1.82) is 0 Å². The summed E-state index contributed by atoms with van der Waals surface area (Å²) >= 11 is 0. The maximum Gasteiger partial charge on any atom is 0.510 e. The summed E-state index contributed by atoms with van der Waals surface area (Å²) in [5, 5.41) is 0. The molecule has 1 saturated carbocycles. The predicted molar refractivity (Wildman–Crippen MR) is 153 cm³/mol. The monoisotopic (exact) mass is 519 g/mol. The number of nitrogens with zero attached hydrogens (tertiary/aromatic N) is 3. The van der Waals surface area contributed by atoms with Gasteiger partial charge in [0.25, 0.3) is 0 Å². The van der Waals surface area contributed by atoms with Gasteiger partial charge in [0.15, 0.2) is 0 Å². The molecule has 0 aromatic heterocycles. The fourth-order valence-corrected chi connectivity index (χ4v) is 6.44. The van der Waals surface area contributed by atoms with E-state index in [1.807, 2.05) is 19.3 Å². The average molecular weight is 520 g/mol. The number of carbonyl (C=O) groups is 1. The van der Waals surface area contributed by atoms with Crippen LogP contribution in [0.2, 0.25) is 0 Å². The highest BCUT2D eigenvalue weighted by Crippen LogP contribution is 2.40. The summed E-state index contributed by atoms with van der Waals surface area (Å²) in [6.07, 6.45) is 10.3. The maximum atomic E-state index is 12.1. The smallest absolute Gasteiger partial charge is 0.438 e. The van der Waals surface area contributed by atoms with E-state index in [1.54, 1.807) is 0 Å². The van der Waals surface area contributed by atoms with Crippen molar-refractivity contribution in [2.24, 2.45) is 16.8 Å². The van der Waals surface area contributed by atoms with Crippen LogP contribution in [0.25, 0.3) is 0 Å². The molecular weight excluding hydrogens is 474 g/mol. The van der Waals surface area contributed by atoms with Gasteiger partial charge in [-0.05, 0) is 82.5 Å². The molecule has 4 rings (SSSR count). The van der Waals surface area contributed by atoms with Crippen LogP contribution in [-0.4, -0.2) is 67.9 Å². The highest BCUT2D eigenvalue weighted by Gasteiger charge is 2.46. The van der Waals surface area contributed by atoms with E-state index in [2.05, 4.69) is 83.5 Å². The van der Waals surface area contributed by atoms with Gasteiger partial charge >= 0.3 is 6.16 Å². The second-order valence-corrected chi connectivity index (χ2v) is 11.4. The summed E-state index contributed by atoms with van der Waals surface area (Å²) in [7, 11) is 5.82. The lowest BCUT2D eigenvalue weighted by Crippen LogP contribution is -2.48. The first-order valence-electron chi connectivity index (χ1n) is 14.2. The molecule has 2 aromatic carbocycles. The quantitative estimate of drug-likeness (QED) is 0.331. The third-order valence-electron chi connectivity index (χ3n) is 8.67. The lowest BCUT2D eigenvalue weighted by atomic mass is 9.74. The Morgan fingerprint density at radius 1 is 1.00 bits per heavy atom. The zero-order valence-electron chi connectivity index (χ0n) is 23.6. The van der Waals surface area contributed by atoms with Gasteiger partial charge < -0.3 is 19.3 Å². The molecule has 0 saturated heterocycles. The van der Waals surface area contributed by atoms with E-state index in [0.29, 0.717) is 12.0 Å². The minimum atomic E-state index is -0.928. The fourth-order valence-electron chi connectivity index (χ4n) is 6.44. The molecule has 0 bridgehead atoms. The first kappa shape index (κ1) is 28.2. The molecule has 3 atom stereocenters. The lowest BCUT2D eigenvalue weighted by molar-refractivity contribution is -0.0461. The molecule has 1 aliphatic heterocycles. The average Bonchev–Trinajstić information content (AvgIpc) is 3.23. The summed E-state index contributed by atoms with van der Waals surface area (Å²) in [5.41, 5.74) is 1.80. The molecule has 2 aromatic rings. The minimum Gasteiger partial charge on any atom is -0.438 e. The molecule has 0 spiro atoms. The van der Waals surface area contributed by atoms with Gasteiger partial charge in [-0.15, -0.1) is 0 Å². The Bertz CT molecular complexity index is 1020. The van der Waals surface area contributed by atoms with E-state index in [4.69, 9.17) is 9.47 Å². The maximum absolute atomic E-state index is 12.1. The van der Waals surface area contributed by atoms with Gasteiger partial charge in [-0.25, -0.2) is 9.79 Å². The van der Waals surface area contributed by atoms with Gasteiger partial charge in [0.2, 0.25) is 5.72 Å². The van der Waals surface area contributed by atoms with Crippen molar-refractivity contribution in [2.45, 2.75) is 76.1 Å². The van der Waals surface area contributed by atoms with Crippen LogP contribution in [0.1, 0.15) is 56.6 Å². The third kappa shape index (κ3) is 7.37. The third-order valence-corrected chi connectivity index (χ3v) is 8.67. The van der Waals surface area contributed by atoms with E-state index in [-0.39, 0.29) is 6.04 Å². The van der Waals surface area contributed by atoms with Crippen LogP contribution in [0.5, 0.6) is 0 Å². The Labute approximate surface area is 229 Å². The molecule has 0 N–H and O–H groups in total. The SMILES string of the molecule is COC(=O)OC1(C)N=CN(CCc2ccccc2)C1CC1CCC(C(CCc2ccccc2)N(C)C)CC1. The molecule has 206 valence electrons. The topological polar surface area (TPSA) is 54.4 Å². The number of hydrogen-bond donors (Lipinski definition) is 0. The molecule has 6 heteroatoms. The van der Waals surface area contributed by atoms with Crippen LogP contribution in [0.15, 0.2) is 65.7 Å². The van der Waals surface area contributed by atoms with Gasteiger partial charge in [0.1, 0.15) is 0 Å². The molecule has 6 nitrogen and oxygen atoms in total. The van der Waals surface area contributed by atoms with Gasteiger partial charge in [-0.3, -0.25) is 0 Å². The van der Waals surface area contributed by atoms with Crippen LogP contribution in [-0.2, 0) is 22.3 Å². The van der Waals surface area contributed by atoms with Crippen molar-refractivity contribution in [2.75, 3.05) is 27.7 Å². The summed E-state index contributed by atoms with van der Waals surface area (Å²) in [4.78, 5) is 21.5. The van der Waals surface area contributed by atoms with Gasteiger partial charge in [0, 0.05) is 12.6 Å². The van der Waals surface area contributed by atoms with Crippen molar-refractivity contribution in [3.8, 4) is 0 Å². The van der Waals surface area contributed by atoms with Crippen molar-refractivity contribution in [3.05, 3.63) is 71.8 Å². The van der Waals surface area contributed by atoms with E-state index in [0.717, 1.165) is 31.7 Å². The summed E-state index contributed by atoms with van der Waals surface area (Å²) in [6, 6.07) is 22.0. The molecule has 38 heavy (non-hydrogen) atoms. The Balaban J connectivity index is 1.36. The van der Waals surface area contributed by atoms with Crippen molar-refractivity contribution in [3.63, 3.8) is 0 Å². The van der Waals surface area contributed by atoms with Crippen LogP contribution in [0.3, 0.4) is 0 Å². The number of aryl methyl sites for hydroxylation is 1. The zero-order chi connectivity index (χ0) is 27.0. The van der Waals surface area contributed by atoms with Crippen LogP contribution < -0.4 is 0 Å². The zero-order valence-corrected chi connectivity index (χ0v) is 23.6. The van der Waals surface area contributed by atoms with Crippen molar-refractivity contribution < 1.29 is 14.3 Å². The van der Waals surface area contributed by atoms with E-state index >= 15 is 0 Å². The van der Waals surface area contributed by atoms with Crippen molar-refractivity contribution in [1.82, 2.24) is 9.80 Å². The summed E-state index contributed by atoms with van der Waals surface area (Å²) in [5.74, 6) is 1.31. The molecule has 3 unspecified atom stereocenters. The first-order valence-corrected chi connectivity index (χ1v) is 14.2. The molecule has 0 radical (unpaired) electrons. The van der Waals surface area contributed by atoms with Gasteiger partial charge in [0.05, 0.1) is 19.5 Å². The van der Waals surface area contributed by atoms with Crippen LogP contribution >= 0.6 is 0 Å². The number of hydrogen-bond acceptors (Lipinski definition) is 6. The van der Waals surface area contributed by atoms with Crippen LogP contribution in [0, 0.1) is 11.8 Å². The fraction of sp³-hybridized carbons (Fsp3) is 0.562. The van der Waals surface area contributed by atoms with Gasteiger partial charge in [-0.1, -0.05) is 73.5 Å². The highest BCUT2D eigenvalue weighted by atomic mass is 16.7. The largest absolute Gasteiger partial charge is 0.510 e. The molecule has 1 heterocycles. The first-order chi connectivity index (χ1) is 18.4. The molecule has 1 aliphatic carbocycles. The van der Waals surface area contributed by atoms with E-state index in [1.165, 1.54) is 50.3 Å². The normalized spacial score (nSPS) is 25.9. The summed E-state index contributed by atoms with van der Waals surface area (Å²) in [6.45, 7) is 2.76. The number of carbonyl (C=O) groups excluding carboxylic acids is 1. The number of rotatable bonds is 11. The Morgan fingerprint density at radius 3 is 2.18 bits per heavy atom. The second-order valence-electron chi connectivity index (χ2n) is 11.4. The number of aliphatic imine (C=N–C) groups is 1. The van der Waals surface area contributed by atoms with E-state index in [9.17, 15) is 4.79 Å². The molecular formula is C32H45N3O3. The molecule has 2 aliphatic rings. The Kier molecular flexibility index (Phi) is 9.84. The Morgan fingerprint density at radius 2 is 1.61 bits per heavy atom. The van der Waals surface area contributed by atoms with Crippen molar-refractivity contribution >= 4 is 12.5 Å². The molecule has 1 fully saturated rings. The van der Waals surface area contributed by atoms with Gasteiger partial charge in [-0.2, -0.15) is 0 Å². The standard InChI is InChI=1S/C32H45N3O3/c1-32(38-31(36)37-4)30(35(24-33-32)22-21-26-13-9-6-10-14-26)23-27-15-18-28(19-16-27)29(34(2)3)20-17-25-11-7-5-8-12-25/h5-14,24,27-30H,15-23H2,1-4H3. The summed E-state index contributed by atoms with van der Waals surface area (Å²) < 4.78 is 10.6. The predicted octanol–water partition coefficient (Wildman–Crippen LogP) is 6.20. The Hall–Kier alpha value is -2.86. The van der Waals surface area contributed by atoms with Crippen LogP contribution in [0.4, 0.5) is 4.79 Å². The number of benzene rings is 2. The second kappa shape index (κ2) is 13.3. The lowest BCUT2D eigenvalue weighted by Gasteiger charge is -2.40.